The van der Waals surface area contributed by atoms with Crippen LogP contribution in [0.2, 0.25) is 25.7 Å². The van der Waals surface area contributed by atoms with Gasteiger partial charge in [-0.15, -0.1) is 0 Å². The standard InChI is InChI=1S/C14H23Si.3C7H7.Ti/c1-11-9-12(10-15(2,3)4)14-8-6-5-7-13(11)14;3*1-7-5-3-2-4-6-7;/h12H,5-8,10H2,1-4H3;3*2-6H,1H2;. The molecule has 0 aromatic heterocycles. The molecule has 0 nitrogen and oxygen atoms in total. The zero-order chi connectivity index (χ0) is 25.9. The molecule has 0 fully saturated rings. The van der Waals surface area contributed by atoms with Gasteiger partial charge in [-0.3, -0.25) is 0 Å². The molecular formula is C35H44SiTi. The number of hydrogen-bond donors (Lipinski definition) is 0. The molecule has 5 rings (SSSR count). The molecule has 0 amide bonds. The monoisotopic (exact) mass is 540 g/mol. The van der Waals surface area contributed by atoms with Crippen molar-refractivity contribution in [1.82, 2.24) is 0 Å². The Bertz CT molecular complexity index is 1150. The van der Waals surface area contributed by atoms with Crippen LogP contribution < -0.4 is 0 Å². The van der Waals surface area contributed by atoms with Gasteiger partial charge in [-0.05, 0) is 0 Å². The minimum absolute atomic E-state index is 0.707. The number of allylic oxidation sites excluding steroid dienone is 4. The quantitative estimate of drug-likeness (QED) is 0.237. The number of hydrogen-bond acceptors (Lipinski definition) is 0. The second kappa shape index (κ2) is 11.4. The fraction of sp³-hybridized carbons (Fsp3) is 0.371. The molecule has 1 atom stereocenters. The summed E-state index contributed by atoms with van der Waals surface area (Å²) in [5, 5.41) is 0. The summed E-state index contributed by atoms with van der Waals surface area (Å²) in [5.74, 6) is 0.707. The van der Waals surface area contributed by atoms with E-state index in [0.717, 1.165) is 0 Å². The first kappa shape index (κ1) is 26.7. The first-order valence-corrected chi connectivity index (χ1v) is 22.2. The molecule has 2 aliphatic carbocycles. The molecule has 37 heavy (non-hydrogen) atoms. The maximum atomic E-state index is 2.60. The predicted molar refractivity (Wildman–Crippen MR) is 160 cm³/mol. The van der Waals surface area contributed by atoms with Crippen LogP contribution in [-0.4, -0.2) is 8.07 Å². The van der Waals surface area contributed by atoms with Gasteiger partial charge in [-0.1, -0.05) is 0 Å². The molecular weight excluding hydrogens is 496 g/mol. The summed E-state index contributed by atoms with van der Waals surface area (Å²) >= 11 is -2.77. The van der Waals surface area contributed by atoms with Gasteiger partial charge in [0, 0.05) is 0 Å². The van der Waals surface area contributed by atoms with Gasteiger partial charge in [0.25, 0.3) is 0 Å². The van der Waals surface area contributed by atoms with Crippen molar-refractivity contribution < 1.29 is 16.6 Å². The van der Waals surface area contributed by atoms with Crippen molar-refractivity contribution >= 4 is 8.07 Å². The molecule has 0 aliphatic heterocycles. The molecule has 2 aliphatic rings. The average Bonchev–Trinajstić information content (AvgIpc) is 3.16. The third-order valence-corrected chi connectivity index (χ3v) is 18.3. The van der Waals surface area contributed by atoms with E-state index in [0.29, 0.717) is 5.92 Å². The van der Waals surface area contributed by atoms with E-state index in [4.69, 9.17) is 0 Å². The molecule has 0 saturated heterocycles. The Hall–Kier alpha value is -1.93. The second-order valence-corrected chi connectivity index (χ2v) is 24.9. The topological polar surface area (TPSA) is 0 Å². The molecule has 3 aromatic rings. The van der Waals surface area contributed by atoms with Crippen LogP contribution in [0, 0.1) is 5.92 Å². The zero-order valence-corrected chi connectivity index (χ0v) is 26.0. The number of benzene rings is 3. The van der Waals surface area contributed by atoms with E-state index in [-0.39, 0.29) is 0 Å². The maximum absolute atomic E-state index is 2.77. The fourth-order valence-electron chi connectivity index (χ4n) is 7.38. The van der Waals surface area contributed by atoms with Crippen molar-refractivity contribution in [1.29, 1.82) is 0 Å². The van der Waals surface area contributed by atoms with Gasteiger partial charge in [0.15, 0.2) is 0 Å². The molecule has 0 bridgehead atoms. The zero-order valence-electron chi connectivity index (χ0n) is 23.4. The molecule has 2 heteroatoms. The van der Waals surface area contributed by atoms with Gasteiger partial charge in [0.2, 0.25) is 0 Å². The summed E-state index contributed by atoms with van der Waals surface area (Å²) in [5.41, 5.74) is 10.0. The Morgan fingerprint density at radius 3 is 1.51 bits per heavy atom. The molecule has 0 spiro atoms. The molecule has 0 heterocycles. The third kappa shape index (κ3) is 6.22. The average molecular weight is 541 g/mol. The van der Waals surface area contributed by atoms with Gasteiger partial charge in [-0.2, -0.15) is 0 Å². The van der Waals surface area contributed by atoms with Gasteiger partial charge in [0.05, 0.1) is 0 Å². The fourth-order valence-corrected chi connectivity index (χ4v) is 18.7. The predicted octanol–water partition coefficient (Wildman–Crippen LogP) is 9.85. The van der Waals surface area contributed by atoms with Crippen LogP contribution in [0.3, 0.4) is 0 Å². The summed E-state index contributed by atoms with van der Waals surface area (Å²) in [6, 6.07) is 35.9. The van der Waals surface area contributed by atoms with E-state index in [9.17, 15) is 0 Å². The van der Waals surface area contributed by atoms with Crippen LogP contribution in [0.15, 0.2) is 112 Å². The van der Waals surface area contributed by atoms with Gasteiger partial charge in [0.1, 0.15) is 0 Å². The van der Waals surface area contributed by atoms with E-state index in [1.54, 1.807) is 27.8 Å². The Kier molecular flexibility index (Phi) is 8.25. The second-order valence-electron chi connectivity index (χ2n) is 12.8. The Labute approximate surface area is 230 Å². The van der Waals surface area contributed by atoms with Gasteiger partial charge < -0.3 is 0 Å². The van der Waals surface area contributed by atoms with Crippen LogP contribution in [0.1, 0.15) is 49.3 Å². The Morgan fingerprint density at radius 2 is 1.08 bits per heavy atom. The minimum atomic E-state index is -2.77. The van der Waals surface area contributed by atoms with Crippen molar-refractivity contribution in [2.75, 3.05) is 0 Å². The van der Waals surface area contributed by atoms with Gasteiger partial charge in [-0.25, -0.2) is 0 Å². The van der Waals surface area contributed by atoms with Crippen LogP contribution >= 0.6 is 0 Å². The molecule has 1 unspecified atom stereocenters. The summed E-state index contributed by atoms with van der Waals surface area (Å²) in [7, 11) is -1.26. The van der Waals surface area contributed by atoms with Crippen LogP contribution in [0.4, 0.5) is 0 Å². The van der Waals surface area contributed by atoms with Crippen molar-refractivity contribution in [3.63, 3.8) is 0 Å². The van der Waals surface area contributed by atoms with Crippen molar-refractivity contribution in [3.8, 4) is 0 Å². The van der Waals surface area contributed by atoms with E-state index >= 15 is 0 Å². The first-order valence-electron chi connectivity index (χ1n) is 14.4. The van der Waals surface area contributed by atoms with E-state index in [1.807, 2.05) is 9.45 Å². The van der Waals surface area contributed by atoms with E-state index < -0.39 is 24.7 Å². The molecule has 3 aromatic carbocycles. The van der Waals surface area contributed by atoms with Crippen molar-refractivity contribution in [2.24, 2.45) is 5.92 Å². The van der Waals surface area contributed by atoms with Gasteiger partial charge >= 0.3 is 231 Å². The van der Waals surface area contributed by atoms with Crippen molar-refractivity contribution in [2.45, 2.75) is 72.5 Å². The van der Waals surface area contributed by atoms with E-state index in [1.165, 1.54) is 45.9 Å². The SMILES string of the molecule is CC1=[C]([Ti]([CH2]c2ccccc2)([CH2]c2ccccc2)[CH2]c2ccccc2)C(C[Si](C)(C)C)C2=C1CCCC2. The summed E-state index contributed by atoms with van der Waals surface area (Å²) in [6.07, 6.45) is 5.41. The van der Waals surface area contributed by atoms with Crippen LogP contribution in [-0.2, 0) is 30.8 Å². The Balaban J connectivity index is 1.71. The normalized spacial score (nSPS) is 18.3. The summed E-state index contributed by atoms with van der Waals surface area (Å²) in [4.78, 5) is 0. The molecule has 0 radical (unpaired) electrons. The summed E-state index contributed by atoms with van der Waals surface area (Å²) in [6.45, 7) is 10.3. The number of rotatable bonds is 9. The van der Waals surface area contributed by atoms with Crippen molar-refractivity contribution in [3.05, 3.63) is 128 Å². The molecule has 0 saturated carbocycles. The third-order valence-electron chi connectivity index (χ3n) is 8.68. The first-order chi connectivity index (χ1) is 17.8. The molecule has 0 N–H and O–H groups in total. The van der Waals surface area contributed by atoms with E-state index in [2.05, 4.69) is 118 Å². The molecule has 192 valence electrons. The van der Waals surface area contributed by atoms with Crippen LogP contribution in [0.25, 0.3) is 0 Å². The summed E-state index contributed by atoms with van der Waals surface area (Å²) < 4.78 is 5.81. The van der Waals surface area contributed by atoms with Crippen LogP contribution in [0.5, 0.6) is 0 Å². The Morgan fingerprint density at radius 1 is 0.649 bits per heavy atom.